The number of hydrogen-bond acceptors (Lipinski definition) is 6. The largest absolute Gasteiger partial charge is 0.378 e. The van der Waals surface area contributed by atoms with E-state index in [4.69, 9.17) is 0 Å². The van der Waals surface area contributed by atoms with E-state index in [1.54, 1.807) is 12.1 Å². The third-order valence-corrected chi connectivity index (χ3v) is 11.5. The monoisotopic (exact) mass is 545 g/mol. The molecule has 2 aromatic carbocycles. The maximum atomic E-state index is 13.6. The molecule has 0 spiro atoms. The lowest BCUT2D eigenvalue weighted by atomic mass is 9.90. The lowest BCUT2D eigenvalue weighted by Crippen LogP contribution is -2.40. The Labute approximate surface area is 220 Å². The van der Waals surface area contributed by atoms with Gasteiger partial charge in [-0.1, -0.05) is 49.0 Å². The number of likely N-dealkylation sites (tertiary alicyclic amines) is 1. The summed E-state index contributed by atoms with van der Waals surface area (Å²) in [4.78, 5) is 2.29. The number of rotatable bonds is 9. The molecule has 0 radical (unpaired) electrons. The van der Waals surface area contributed by atoms with Gasteiger partial charge in [-0.2, -0.15) is 8.61 Å². The van der Waals surface area contributed by atoms with Gasteiger partial charge in [0.05, 0.1) is 4.90 Å². The summed E-state index contributed by atoms with van der Waals surface area (Å²) in [5, 5.41) is 12.2. The summed E-state index contributed by atoms with van der Waals surface area (Å²) in [5.74, 6) is -0.212. The standard InChI is InChI=1S/C27H35N3O5S2/c1-2-36(32,33)29-19-23-14-17-30(26(23)20-29)37(34,35)24-12-10-22(11-13-24)25(18-21-8-4-3-5-9-21)27(31)28-15-6-7-16-28/h2-5,8-13,23,25-27,31H,1,6-7,14-20H2. The molecule has 3 heterocycles. The van der Waals surface area contributed by atoms with E-state index >= 15 is 0 Å². The molecule has 37 heavy (non-hydrogen) atoms. The Hall–Kier alpha value is -2.08. The molecular formula is C27H35N3O5S2. The second-order valence-corrected chi connectivity index (χ2v) is 14.1. The molecular weight excluding hydrogens is 510 g/mol. The van der Waals surface area contributed by atoms with Crippen LogP contribution in [0, 0.1) is 5.92 Å². The van der Waals surface area contributed by atoms with Crippen molar-refractivity contribution in [3.8, 4) is 0 Å². The van der Waals surface area contributed by atoms with Gasteiger partial charge in [0.1, 0.15) is 6.23 Å². The Morgan fingerprint density at radius 2 is 1.62 bits per heavy atom. The van der Waals surface area contributed by atoms with E-state index in [0.29, 0.717) is 25.9 Å². The first-order chi connectivity index (χ1) is 17.7. The van der Waals surface area contributed by atoms with Crippen LogP contribution in [0.1, 0.15) is 36.3 Å². The number of benzene rings is 2. The van der Waals surface area contributed by atoms with Gasteiger partial charge in [-0.3, -0.25) is 4.90 Å². The first-order valence-corrected chi connectivity index (χ1v) is 15.9. The maximum absolute atomic E-state index is 13.6. The van der Waals surface area contributed by atoms with Crippen LogP contribution in [0.5, 0.6) is 0 Å². The van der Waals surface area contributed by atoms with Crippen molar-refractivity contribution in [3.63, 3.8) is 0 Å². The van der Waals surface area contributed by atoms with Gasteiger partial charge in [-0.15, -0.1) is 0 Å². The number of fused-ring (bicyclic) bond motifs is 1. The molecule has 0 bridgehead atoms. The quantitative estimate of drug-likeness (QED) is 0.520. The second kappa shape index (κ2) is 10.6. The first-order valence-electron chi connectivity index (χ1n) is 12.9. The van der Waals surface area contributed by atoms with Gasteiger partial charge in [0.2, 0.25) is 20.0 Å². The lowest BCUT2D eigenvalue weighted by molar-refractivity contribution is -0.00191. The van der Waals surface area contributed by atoms with Gasteiger partial charge in [0, 0.05) is 50.1 Å². The molecule has 10 heteroatoms. The van der Waals surface area contributed by atoms with Crippen molar-refractivity contribution in [1.29, 1.82) is 0 Å². The van der Waals surface area contributed by atoms with Crippen molar-refractivity contribution in [2.45, 2.75) is 48.8 Å². The van der Waals surface area contributed by atoms with Gasteiger partial charge in [-0.25, -0.2) is 16.8 Å². The Morgan fingerprint density at radius 3 is 2.27 bits per heavy atom. The second-order valence-electron chi connectivity index (χ2n) is 10.3. The van der Waals surface area contributed by atoms with Crippen LogP contribution >= 0.6 is 0 Å². The average Bonchev–Trinajstić information content (AvgIpc) is 3.66. The molecule has 4 unspecified atom stereocenters. The van der Waals surface area contributed by atoms with Crippen LogP contribution in [0.4, 0.5) is 0 Å². The van der Waals surface area contributed by atoms with Gasteiger partial charge >= 0.3 is 0 Å². The van der Waals surface area contributed by atoms with Crippen molar-refractivity contribution < 1.29 is 21.9 Å². The molecule has 0 aliphatic carbocycles. The molecule has 200 valence electrons. The average molecular weight is 546 g/mol. The predicted octanol–water partition coefficient (Wildman–Crippen LogP) is 2.60. The summed E-state index contributed by atoms with van der Waals surface area (Å²) in [7, 11) is -7.37. The fourth-order valence-electron chi connectivity index (χ4n) is 6.04. The highest BCUT2D eigenvalue weighted by atomic mass is 32.2. The molecule has 0 amide bonds. The Morgan fingerprint density at radius 1 is 0.946 bits per heavy atom. The van der Waals surface area contributed by atoms with Crippen LogP contribution in [0.3, 0.4) is 0 Å². The summed E-state index contributed by atoms with van der Waals surface area (Å²) < 4.78 is 54.5. The zero-order valence-electron chi connectivity index (χ0n) is 20.9. The van der Waals surface area contributed by atoms with E-state index in [0.717, 1.165) is 42.5 Å². The molecule has 0 saturated carbocycles. The molecule has 1 N–H and O–H groups in total. The zero-order valence-corrected chi connectivity index (χ0v) is 22.5. The summed E-state index contributed by atoms with van der Waals surface area (Å²) in [6.45, 7) is 5.95. The van der Waals surface area contributed by atoms with Gasteiger partial charge in [0.25, 0.3) is 0 Å². The van der Waals surface area contributed by atoms with Crippen molar-refractivity contribution in [2.24, 2.45) is 5.92 Å². The van der Waals surface area contributed by atoms with E-state index < -0.39 is 26.3 Å². The summed E-state index contributed by atoms with van der Waals surface area (Å²) in [6, 6.07) is 16.5. The Bertz CT molecular complexity index is 1310. The Balaban J connectivity index is 1.37. The highest BCUT2D eigenvalue weighted by Crippen LogP contribution is 2.37. The van der Waals surface area contributed by atoms with Crippen LogP contribution in [0.2, 0.25) is 0 Å². The third kappa shape index (κ3) is 5.28. The van der Waals surface area contributed by atoms with Gasteiger partial charge in [0.15, 0.2) is 0 Å². The van der Waals surface area contributed by atoms with Gasteiger partial charge in [-0.05, 0) is 54.9 Å². The molecule has 8 nitrogen and oxygen atoms in total. The summed E-state index contributed by atoms with van der Waals surface area (Å²) in [6.07, 6.45) is 2.76. The van der Waals surface area contributed by atoms with Crippen LogP contribution in [-0.2, 0) is 26.5 Å². The van der Waals surface area contributed by atoms with Crippen LogP contribution in [0.25, 0.3) is 0 Å². The van der Waals surface area contributed by atoms with Crippen LogP contribution < -0.4 is 0 Å². The molecule has 3 fully saturated rings. The van der Waals surface area contributed by atoms with E-state index in [-0.39, 0.29) is 29.3 Å². The van der Waals surface area contributed by atoms with E-state index in [2.05, 4.69) is 11.5 Å². The number of nitrogens with zero attached hydrogens (tertiary/aromatic N) is 3. The Kier molecular flexibility index (Phi) is 7.59. The summed E-state index contributed by atoms with van der Waals surface area (Å²) >= 11 is 0. The van der Waals surface area contributed by atoms with Crippen molar-refractivity contribution in [2.75, 3.05) is 32.7 Å². The van der Waals surface area contributed by atoms with Crippen LogP contribution in [0.15, 0.2) is 71.5 Å². The molecule has 0 aromatic heterocycles. The highest BCUT2D eigenvalue weighted by molar-refractivity contribution is 7.92. The lowest BCUT2D eigenvalue weighted by Gasteiger charge is -2.31. The van der Waals surface area contributed by atoms with Crippen molar-refractivity contribution >= 4 is 20.0 Å². The molecule has 2 aromatic rings. The van der Waals surface area contributed by atoms with E-state index in [9.17, 15) is 21.9 Å². The third-order valence-electron chi connectivity index (χ3n) is 8.12. The molecule has 5 rings (SSSR count). The van der Waals surface area contributed by atoms with E-state index in [1.807, 2.05) is 42.5 Å². The zero-order chi connectivity index (χ0) is 26.2. The molecule has 3 saturated heterocycles. The highest BCUT2D eigenvalue weighted by Gasteiger charge is 2.48. The topological polar surface area (TPSA) is 98.2 Å². The molecule has 3 aliphatic heterocycles. The summed E-state index contributed by atoms with van der Waals surface area (Å²) in [5.41, 5.74) is 2.01. The first kappa shape index (κ1) is 26.5. The minimum Gasteiger partial charge on any atom is -0.378 e. The van der Waals surface area contributed by atoms with Crippen molar-refractivity contribution in [3.05, 3.63) is 77.7 Å². The SMILES string of the molecule is C=CS(=O)(=O)N1CC2CCN(S(=O)(=O)c3ccc(C(Cc4ccccc4)C(O)N4CCCC4)cc3)C2C1. The van der Waals surface area contributed by atoms with Crippen LogP contribution in [-0.4, -0.2) is 80.4 Å². The predicted molar refractivity (Wildman–Crippen MR) is 143 cm³/mol. The number of aliphatic hydroxyl groups is 1. The molecule has 3 aliphatic rings. The molecule has 4 atom stereocenters. The number of aliphatic hydroxyl groups excluding tert-OH is 1. The van der Waals surface area contributed by atoms with E-state index in [1.165, 1.54) is 8.61 Å². The van der Waals surface area contributed by atoms with Crippen molar-refractivity contribution in [1.82, 2.24) is 13.5 Å². The normalized spacial score (nSPS) is 25.2. The van der Waals surface area contributed by atoms with Gasteiger partial charge < -0.3 is 5.11 Å². The minimum absolute atomic E-state index is 0.0189. The number of hydrogen-bond donors (Lipinski definition) is 1. The maximum Gasteiger partial charge on any atom is 0.243 e. The smallest absolute Gasteiger partial charge is 0.243 e. The fraction of sp³-hybridized carbons (Fsp3) is 0.481. The fourth-order valence-corrected chi connectivity index (χ4v) is 8.70. The number of sulfonamides is 2. The minimum atomic E-state index is -3.79.